The van der Waals surface area contributed by atoms with Gasteiger partial charge in [-0.15, -0.1) is 0 Å². The third kappa shape index (κ3) is 3.70. The van der Waals surface area contributed by atoms with Gasteiger partial charge in [0.05, 0.1) is 11.3 Å². The lowest BCUT2D eigenvalue weighted by Crippen LogP contribution is -2.06. The van der Waals surface area contributed by atoms with Gasteiger partial charge in [0.25, 0.3) is 0 Å². The monoisotopic (exact) mass is 342 g/mol. The molecule has 0 radical (unpaired) electrons. The second-order valence-electron chi connectivity index (χ2n) is 5.00. The number of hydrogen-bond donors (Lipinski definition) is 1. The standard InChI is InChI=1S/C17H12ClFN4O/c18-13-3-1-11(2-4-13)17-22-16(24-23-17)7-8-21-15-6-5-14(19)9-12(15)10-20/h1-6,9,21H,7-8H2. The molecular formula is C17H12ClFN4O. The van der Waals surface area contributed by atoms with Gasteiger partial charge in [-0.3, -0.25) is 0 Å². The van der Waals surface area contributed by atoms with Crippen molar-refractivity contribution in [1.29, 1.82) is 5.26 Å². The van der Waals surface area contributed by atoms with Crippen molar-refractivity contribution in [2.75, 3.05) is 11.9 Å². The van der Waals surface area contributed by atoms with Crippen LogP contribution in [0.25, 0.3) is 11.4 Å². The molecule has 2 aromatic carbocycles. The molecule has 3 rings (SSSR count). The molecule has 24 heavy (non-hydrogen) atoms. The van der Waals surface area contributed by atoms with Gasteiger partial charge < -0.3 is 9.84 Å². The average Bonchev–Trinajstić information content (AvgIpc) is 3.05. The van der Waals surface area contributed by atoms with Crippen molar-refractivity contribution >= 4 is 17.3 Å². The Bertz CT molecular complexity index is 886. The summed E-state index contributed by atoms with van der Waals surface area (Å²) in [6.07, 6.45) is 0.475. The van der Waals surface area contributed by atoms with Crippen LogP contribution in [0, 0.1) is 17.1 Å². The highest BCUT2D eigenvalue weighted by Crippen LogP contribution is 2.19. The first-order valence-corrected chi connectivity index (χ1v) is 7.55. The van der Waals surface area contributed by atoms with Crippen molar-refractivity contribution in [1.82, 2.24) is 10.1 Å². The number of halogens is 2. The van der Waals surface area contributed by atoms with Crippen molar-refractivity contribution in [3.05, 3.63) is 64.8 Å². The van der Waals surface area contributed by atoms with E-state index in [-0.39, 0.29) is 5.56 Å². The van der Waals surface area contributed by atoms with Crippen LogP contribution in [-0.4, -0.2) is 16.7 Å². The Morgan fingerprint density at radius 2 is 2.00 bits per heavy atom. The number of nitriles is 1. The van der Waals surface area contributed by atoms with Gasteiger partial charge in [0, 0.05) is 23.6 Å². The first-order valence-electron chi connectivity index (χ1n) is 7.18. The minimum Gasteiger partial charge on any atom is -0.383 e. The molecule has 3 aromatic rings. The summed E-state index contributed by atoms with van der Waals surface area (Å²) in [5.74, 6) is 0.510. The Morgan fingerprint density at radius 3 is 2.75 bits per heavy atom. The maximum absolute atomic E-state index is 13.1. The summed E-state index contributed by atoms with van der Waals surface area (Å²) in [6.45, 7) is 0.475. The van der Waals surface area contributed by atoms with E-state index >= 15 is 0 Å². The van der Waals surface area contributed by atoms with Crippen LogP contribution < -0.4 is 5.32 Å². The zero-order chi connectivity index (χ0) is 16.9. The molecule has 0 aliphatic rings. The fourth-order valence-electron chi connectivity index (χ4n) is 2.14. The summed E-state index contributed by atoms with van der Waals surface area (Å²) in [4.78, 5) is 4.31. The van der Waals surface area contributed by atoms with Crippen LogP contribution in [0.4, 0.5) is 10.1 Å². The van der Waals surface area contributed by atoms with E-state index < -0.39 is 5.82 Å². The summed E-state index contributed by atoms with van der Waals surface area (Å²) < 4.78 is 18.3. The van der Waals surface area contributed by atoms with Crippen molar-refractivity contribution < 1.29 is 8.91 Å². The Labute approximate surface area is 142 Å². The predicted molar refractivity (Wildman–Crippen MR) is 88.1 cm³/mol. The Balaban J connectivity index is 1.62. The van der Waals surface area contributed by atoms with E-state index in [4.69, 9.17) is 21.4 Å². The largest absolute Gasteiger partial charge is 0.383 e. The van der Waals surface area contributed by atoms with E-state index in [1.165, 1.54) is 18.2 Å². The highest BCUT2D eigenvalue weighted by Gasteiger charge is 2.09. The molecule has 1 heterocycles. The molecule has 1 N–H and O–H groups in total. The van der Waals surface area contributed by atoms with Crippen LogP contribution in [0.2, 0.25) is 5.02 Å². The van der Waals surface area contributed by atoms with Crippen LogP contribution in [0.1, 0.15) is 11.5 Å². The van der Waals surface area contributed by atoms with Crippen LogP contribution in [0.5, 0.6) is 0 Å². The number of aromatic nitrogens is 2. The Morgan fingerprint density at radius 1 is 1.21 bits per heavy atom. The number of nitrogens with zero attached hydrogens (tertiary/aromatic N) is 3. The average molecular weight is 343 g/mol. The van der Waals surface area contributed by atoms with Crippen molar-refractivity contribution in [3.8, 4) is 17.5 Å². The first-order chi connectivity index (χ1) is 11.7. The van der Waals surface area contributed by atoms with Crippen LogP contribution in [0.3, 0.4) is 0 Å². The third-order valence-corrected chi connectivity index (χ3v) is 3.58. The Kier molecular flexibility index (Phi) is 4.73. The smallest absolute Gasteiger partial charge is 0.228 e. The minimum atomic E-state index is -0.443. The topological polar surface area (TPSA) is 74.7 Å². The SMILES string of the molecule is N#Cc1cc(F)ccc1NCCc1nc(-c2ccc(Cl)cc2)no1. The molecule has 0 atom stereocenters. The molecule has 0 fully saturated rings. The fraction of sp³-hybridized carbons (Fsp3) is 0.118. The predicted octanol–water partition coefficient (Wildman–Crippen LogP) is 4.06. The molecule has 0 saturated carbocycles. The zero-order valence-corrected chi connectivity index (χ0v) is 13.2. The quantitative estimate of drug-likeness (QED) is 0.757. The van der Waals surface area contributed by atoms with Crippen molar-refractivity contribution in [2.45, 2.75) is 6.42 Å². The van der Waals surface area contributed by atoms with Crippen LogP contribution in [-0.2, 0) is 6.42 Å². The lowest BCUT2D eigenvalue weighted by atomic mass is 10.2. The lowest BCUT2D eigenvalue weighted by Gasteiger charge is -2.06. The number of benzene rings is 2. The minimum absolute atomic E-state index is 0.252. The van der Waals surface area contributed by atoms with E-state index in [9.17, 15) is 4.39 Å². The van der Waals surface area contributed by atoms with Gasteiger partial charge in [0.1, 0.15) is 11.9 Å². The molecule has 0 unspecified atom stereocenters. The maximum atomic E-state index is 13.1. The molecule has 7 heteroatoms. The van der Waals surface area contributed by atoms with E-state index in [0.717, 1.165) is 5.56 Å². The number of anilines is 1. The molecule has 120 valence electrons. The fourth-order valence-corrected chi connectivity index (χ4v) is 2.27. The molecule has 5 nitrogen and oxygen atoms in total. The summed E-state index contributed by atoms with van der Waals surface area (Å²) >= 11 is 5.85. The van der Waals surface area contributed by atoms with E-state index in [2.05, 4.69) is 15.5 Å². The van der Waals surface area contributed by atoms with Gasteiger partial charge in [-0.2, -0.15) is 10.2 Å². The number of rotatable bonds is 5. The van der Waals surface area contributed by atoms with Crippen molar-refractivity contribution in [3.63, 3.8) is 0 Å². The third-order valence-electron chi connectivity index (χ3n) is 3.33. The highest BCUT2D eigenvalue weighted by atomic mass is 35.5. The number of nitrogens with one attached hydrogen (secondary N) is 1. The normalized spacial score (nSPS) is 10.4. The van der Waals surface area contributed by atoms with E-state index in [1.54, 1.807) is 12.1 Å². The van der Waals surface area contributed by atoms with E-state index in [1.807, 2.05) is 18.2 Å². The second-order valence-corrected chi connectivity index (χ2v) is 5.43. The molecule has 0 aliphatic heterocycles. The molecule has 0 bridgehead atoms. The lowest BCUT2D eigenvalue weighted by molar-refractivity contribution is 0.381. The summed E-state index contributed by atoms with van der Waals surface area (Å²) in [5, 5.41) is 16.6. The summed E-state index contributed by atoms with van der Waals surface area (Å²) in [5.41, 5.74) is 1.63. The summed E-state index contributed by atoms with van der Waals surface area (Å²) in [7, 11) is 0. The molecule has 0 saturated heterocycles. The van der Waals surface area contributed by atoms with Gasteiger partial charge in [-0.1, -0.05) is 16.8 Å². The van der Waals surface area contributed by atoms with E-state index in [0.29, 0.717) is 35.4 Å². The van der Waals surface area contributed by atoms with Crippen LogP contribution in [0.15, 0.2) is 47.0 Å². The van der Waals surface area contributed by atoms with Gasteiger partial charge in [-0.25, -0.2) is 4.39 Å². The molecule has 1 aromatic heterocycles. The highest BCUT2D eigenvalue weighted by molar-refractivity contribution is 6.30. The summed E-state index contributed by atoms with van der Waals surface area (Å²) in [6, 6.07) is 13.1. The maximum Gasteiger partial charge on any atom is 0.228 e. The molecule has 0 aliphatic carbocycles. The van der Waals surface area contributed by atoms with Gasteiger partial charge in [-0.05, 0) is 42.5 Å². The van der Waals surface area contributed by atoms with Crippen LogP contribution >= 0.6 is 11.6 Å². The van der Waals surface area contributed by atoms with Gasteiger partial charge >= 0.3 is 0 Å². The first kappa shape index (κ1) is 16.0. The zero-order valence-electron chi connectivity index (χ0n) is 12.5. The molecule has 0 spiro atoms. The molecular weight excluding hydrogens is 331 g/mol. The van der Waals surface area contributed by atoms with Gasteiger partial charge in [0.15, 0.2) is 0 Å². The molecule has 0 amide bonds. The number of hydrogen-bond acceptors (Lipinski definition) is 5. The van der Waals surface area contributed by atoms with Gasteiger partial charge in [0.2, 0.25) is 11.7 Å². The van der Waals surface area contributed by atoms with Crippen molar-refractivity contribution in [2.24, 2.45) is 0 Å². The second kappa shape index (κ2) is 7.11. The Hall–Kier alpha value is -2.91.